The topological polar surface area (TPSA) is 72.1 Å². The van der Waals surface area contributed by atoms with Crippen LogP contribution < -0.4 is 15.1 Å². The molecule has 6 nitrogen and oxygen atoms in total. The molecule has 0 radical (unpaired) electrons. The van der Waals surface area contributed by atoms with E-state index in [-0.39, 0.29) is 18.2 Å². The van der Waals surface area contributed by atoms with Crippen molar-refractivity contribution in [3.8, 4) is 17.2 Å². The highest BCUT2D eigenvalue weighted by atomic mass is 16.7. The highest BCUT2D eigenvalue weighted by Gasteiger charge is 2.25. The van der Waals surface area contributed by atoms with E-state index >= 15 is 0 Å². The zero-order valence-electron chi connectivity index (χ0n) is 17.0. The van der Waals surface area contributed by atoms with E-state index in [1.165, 1.54) is 12.8 Å². The Balaban J connectivity index is 1.50. The van der Waals surface area contributed by atoms with E-state index in [1.807, 2.05) is 18.2 Å². The van der Waals surface area contributed by atoms with Crippen LogP contribution in [-0.4, -0.2) is 22.8 Å². The van der Waals surface area contributed by atoms with E-state index < -0.39 is 0 Å². The molecule has 3 aromatic rings. The molecule has 1 aromatic heterocycles. The summed E-state index contributed by atoms with van der Waals surface area (Å²) in [6.45, 7) is 3.44. The van der Waals surface area contributed by atoms with Crippen molar-refractivity contribution in [1.82, 2.24) is 4.90 Å². The number of fused-ring (bicyclic) bond motifs is 2. The summed E-state index contributed by atoms with van der Waals surface area (Å²) in [5.74, 6) is 1.71. The minimum atomic E-state index is -0.388. The zero-order valence-corrected chi connectivity index (χ0v) is 17.0. The van der Waals surface area contributed by atoms with Crippen LogP contribution in [0.1, 0.15) is 42.4 Å². The van der Waals surface area contributed by atoms with Crippen LogP contribution in [0.4, 0.5) is 0 Å². The molecule has 1 aliphatic carbocycles. The van der Waals surface area contributed by atoms with Crippen LogP contribution in [0.3, 0.4) is 0 Å². The first-order chi connectivity index (χ1) is 14.6. The SMILES string of the molecule is Cc1c(O)ccc2c(CN(Cc3ccc4c(c3)OCO4)C3CCCC3)cc(=O)oc12. The van der Waals surface area contributed by atoms with Crippen molar-refractivity contribution in [1.29, 1.82) is 0 Å². The molecule has 5 rings (SSSR count). The van der Waals surface area contributed by atoms with Crippen molar-refractivity contribution >= 4 is 11.0 Å². The monoisotopic (exact) mass is 407 g/mol. The van der Waals surface area contributed by atoms with Gasteiger partial charge in [-0.05, 0) is 55.2 Å². The van der Waals surface area contributed by atoms with Crippen molar-refractivity contribution in [2.75, 3.05) is 6.79 Å². The number of phenols is 1. The van der Waals surface area contributed by atoms with Gasteiger partial charge in [-0.1, -0.05) is 18.9 Å². The lowest BCUT2D eigenvalue weighted by Gasteiger charge is -2.29. The number of aromatic hydroxyl groups is 1. The third-order valence-corrected chi connectivity index (χ3v) is 6.26. The van der Waals surface area contributed by atoms with Crippen LogP contribution >= 0.6 is 0 Å². The average molecular weight is 407 g/mol. The Kier molecular flexibility index (Phi) is 4.87. The maximum absolute atomic E-state index is 12.3. The lowest BCUT2D eigenvalue weighted by molar-refractivity contribution is 0.173. The molecular weight excluding hydrogens is 382 g/mol. The molecule has 1 saturated carbocycles. The second kappa shape index (κ2) is 7.69. The van der Waals surface area contributed by atoms with Gasteiger partial charge in [0.1, 0.15) is 11.3 Å². The number of hydrogen-bond donors (Lipinski definition) is 1. The molecule has 1 aliphatic heterocycles. The number of ether oxygens (including phenoxy) is 2. The summed E-state index contributed by atoms with van der Waals surface area (Å²) in [5.41, 5.74) is 2.76. The Morgan fingerprint density at radius 3 is 2.67 bits per heavy atom. The first kappa shape index (κ1) is 19.0. The molecule has 0 atom stereocenters. The molecular formula is C24H25NO5. The van der Waals surface area contributed by atoms with E-state index in [4.69, 9.17) is 13.9 Å². The number of phenolic OH excluding ortho intramolecular Hbond substituents is 1. The highest BCUT2D eigenvalue weighted by molar-refractivity contribution is 5.84. The van der Waals surface area contributed by atoms with Gasteiger partial charge in [0.15, 0.2) is 11.5 Å². The largest absolute Gasteiger partial charge is 0.508 e. The zero-order chi connectivity index (χ0) is 20.7. The number of hydrogen-bond acceptors (Lipinski definition) is 6. The van der Waals surface area contributed by atoms with Crippen molar-refractivity contribution in [3.05, 3.63) is 63.5 Å². The molecule has 2 heterocycles. The van der Waals surface area contributed by atoms with Crippen molar-refractivity contribution in [3.63, 3.8) is 0 Å². The summed E-state index contributed by atoms with van der Waals surface area (Å²) in [6.07, 6.45) is 4.77. The van der Waals surface area contributed by atoms with E-state index in [1.54, 1.807) is 19.1 Å². The Morgan fingerprint density at radius 1 is 1.03 bits per heavy atom. The van der Waals surface area contributed by atoms with Crippen LogP contribution in [-0.2, 0) is 13.1 Å². The van der Waals surface area contributed by atoms with Gasteiger partial charge in [0.2, 0.25) is 6.79 Å². The number of nitrogens with zero attached hydrogens (tertiary/aromatic N) is 1. The maximum Gasteiger partial charge on any atom is 0.336 e. The van der Waals surface area contributed by atoms with Gasteiger partial charge in [0.25, 0.3) is 0 Å². The average Bonchev–Trinajstić information content (AvgIpc) is 3.42. The molecule has 6 heteroatoms. The smallest absolute Gasteiger partial charge is 0.336 e. The fraction of sp³-hybridized carbons (Fsp3) is 0.375. The Labute approximate surface area is 174 Å². The fourth-order valence-corrected chi connectivity index (χ4v) is 4.62. The standard InChI is InChI=1S/C24H25NO5/c1-15-20(26)8-7-19-17(11-23(27)30-24(15)19)13-25(18-4-2-3-5-18)12-16-6-9-21-22(10-16)29-14-28-21/h6-11,18,26H,2-5,12-14H2,1H3. The van der Waals surface area contributed by atoms with E-state index in [2.05, 4.69) is 11.0 Å². The summed E-state index contributed by atoms with van der Waals surface area (Å²) >= 11 is 0. The normalized spacial score (nSPS) is 16.1. The van der Waals surface area contributed by atoms with E-state index in [0.29, 0.717) is 23.7 Å². The molecule has 2 aliphatic rings. The Morgan fingerprint density at radius 2 is 1.83 bits per heavy atom. The molecule has 0 bridgehead atoms. The molecule has 1 fully saturated rings. The minimum absolute atomic E-state index is 0.135. The molecule has 156 valence electrons. The number of aryl methyl sites for hydroxylation is 1. The third kappa shape index (κ3) is 3.52. The van der Waals surface area contributed by atoms with Crippen LogP contribution in [0, 0.1) is 6.92 Å². The van der Waals surface area contributed by atoms with E-state index in [9.17, 15) is 9.90 Å². The van der Waals surface area contributed by atoms with Crippen LogP contribution in [0.25, 0.3) is 11.0 Å². The van der Waals surface area contributed by atoms with Gasteiger partial charge in [0.05, 0.1) is 0 Å². The van der Waals surface area contributed by atoms with Gasteiger partial charge < -0.3 is 19.0 Å². The first-order valence-electron chi connectivity index (χ1n) is 10.5. The van der Waals surface area contributed by atoms with Crippen molar-refractivity contribution in [2.45, 2.75) is 51.7 Å². The first-order valence-corrected chi connectivity index (χ1v) is 10.5. The molecule has 0 spiro atoms. The highest BCUT2D eigenvalue weighted by Crippen LogP contribution is 2.35. The summed E-state index contributed by atoms with van der Waals surface area (Å²) in [6, 6.07) is 11.6. The summed E-state index contributed by atoms with van der Waals surface area (Å²) < 4.78 is 16.4. The lowest BCUT2D eigenvalue weighted by atomic mass is 10.0. The molecule has 30 heavy (non-hydrogen) atoms. The summed E-state index contributed by atoms with van der Waals surface area (Å²) in [5, 5.41) is 10.9. The van der Waals surface area contributed by atoms with Gasteiger partial charge in [-0.2, -0.15) is 0 Å². The number of benzene rings is 2. The summed E-state index contributed by atoms with van der Waals surface area (Å²) in [4.78, 5) is 14.7. The van der Waals surface area contributed by atoms with Gasteiger partial charge in [-0.25, -0.2) is 4.79 Å². The van der Waals surface area contributed by atoms with Crippen LogP contribution in [0.15, 0.2) is 45.6 Å². The van der Waals surface area contributed by atoms with Crippen LogP contribution in [0.2, 0.25) is 0 Å². The minimum Gasteiger partial charge on any atom is -0.508 e. The third-order valence-electron chi connectivity index (χ3n) is 6.26. The predicted octanol–water partition coefficient (Wildman–Crippen LogP) is 4.48. The van der Waals surface area contributed by atoms with Gasteiger partial charge in [-0.3, -0.25) is 4.90 Å². The Hall–Kier alpha value is -2.99. The predicted molar refractivity (Wildman–Crippen MR) is 113 cm³/mol. The molecule has 0 unspecified atom stereocenters. The van der Waals surface area contributed by atoms with Gasteiger partial charge in [-0.15, -0.1) is 0 Å². The molecule has 1 N–H and O–H groups in total. The fourth-order valence-electron chi connectivity index (χ4n) is 4.62. The Bertz CT molecular complexity index is 1150. The molecule has 0 amide bonds. The van der Waals surface area contributed by atoms with Gasteiger partial charge in [0, 0.05) is 36.1 Å². The summed E-state index contributed by atoms with van der Waals surface area (Å²) in [7, 11) is 0. The quantitative estimate of drug-likeness (QED) is 0.629. The molecule has 2 aromatic carbocycles. The molecule has 0 saturated heterocycles. The van der Waals surface area contributed by atoms with Crippen molar-refractivity contribution in [2.24, 2.45) is 0 Å². The lowest BCUT2D eigenvalue weighted by Crippen LogP contribution is -2.32. The van der Waals surface area contributed by atoms with Crippen LogP contribution in [0.5, 0.6) is 17.2 Å². The number of rotatable bonds is 5. The maximum atomic E-state index is 12.3. The van der Waals surface area contributed by atoms with Gasteiger partial charge >= 0.3 is 5.63 Å². The van der Waals surface area contributed by atoms with E-state index in [0.717, 1.165) is 47.4 Å². The second-order valence-corrected chi connectivity index (χ2v) is 8.21. The second-order valence-electron chi connectivity index (χ2n) is 8.21. The van der Waals surface area contributed by atoms with Crippen molar-refractivity contribution < 1.29 is 19.0 Å².